The fourth-order valence-corrected chi connectivity index (χ4v) is 2.94. The van der Waals surface area contributed by atoms with Crippen molar-refractivity contribution in [2.24, 2.45) is 0 Å². The number of benzene rings is 2. The summed E-state index contributed by atoms with van der Waals surface area (Å²) in [6.45, 7) is 0.187. The molecule has 0 radical (unpaired) electrons. The smallest absolute Gasteiger partial charge is 0.300 e. The molecule has 6 nitrogen and oxygen atoms in total. The third-order valence-corrected chi connectivity index (χ3v) is 4.20. The van der Waals surface area contributed by atoms with E-state index in [0.29, 0.717) is 22.6 Å². The number of ether oxygens (including phenoxy) is 1. The molecular weight excluding hydrogens is 420 g/mol. The number of rotatable bonds is 4. The van der Waals surface area contributed by atoms with Gasteiger partial charge in [0.25, 0.3) is 5.91 Å². The van der Waals surface area contributed by atoms with Crippen molar-refractivity contribution < 1.29 is 9.53 Å². The zero-order chi connectivity index (χ0) is 19.9. The van der Waals surface area contributed by atoms with Gasteiger partial charge in [0.05, 0.1) is 11.2 Å². The number of halogens is 1. The van der Waals surface area contributed by atoms with Gasteiger partial charge in [-0.25, -0.2) is 4.98 Å². The summed E-state index contributed by atoms with van der Waals surface area (Å²) < 4.78 is 5.73. The summed E-state index contributed by atoms with van der Waals surface area (Å²) in [6.07, 6.45) is 0. The highest BCUT2D eigenvalue weighted by Crippen LogP contribution is 2.29. The van der Waals surface area contributed by atoms with E-state index in [2.05, 4.69) is 49.5 Å². The quantitative estimate of drug-likeness (QED) is 0.600. The molecule has 7 heteroatoms. The average Bonchev–Trinajstić information content (AvgIpc) is 2.68. The predicted octanol–water partition coefficient (Wildman–Crippen LogP) is 4.20. The number of anilines is 3. The van der Waals surface area contributed by atoms with Crippen molar-refractivity contribution in [1.82, 2.24) is 4.98 Å². The maximum absolute atomic E-state index is 11.9. The predicted molar refractivity (Wildman–Crippen MR) is 112 cm³/mol. The summed E-state index contributed by atoms with van der Waals surface area (Å²) >= 11 is 3.44. The van der Waals surface area contributed by atoms with Gasteiger partial charge in [-0.15, -0.1) is 0 Å². The van der Waals surface area contributed by atoms with Gasteiger partial charge < -0.3 is 15.4 Å². The van der Waals surface area contributed by atoms with Gasteiger partial charge in [0, 0.05) is 28.3 Å². The lowest BCUT2D eigenvalue weighted by atomic mass is 10.1. The van der Waals surface area contributed by atoms with E-state index in [1.807, 2.05) is 24.3 Å². The maximum Gasteiger partial charge on any atom is 0.300 e. The Morgan fingerprint density at radius 1 is 1.21 bits per heavy atom. The van der Waals surface area contributed by atoms with Crippen LogP contribution in [0.5, 0.6) is 0 Å². The van der Waals surface area contributed by atoms with Crippen LogP contribution in [0.2, 0.25) is 0 Å². The van der Waals surface area contributed by atoms with Crippen molar-refractivity contribution in [3.05, 3.63) is 58.7 Å². The first-order valence-electron chi connectivity index (χ1n) is 8.25. The topological polar surface area (TPSA) is 87.0 Å². The molecule has 0 saturated heterocycles. The number of hydrogen-bond acceptors (Lipinski definition) is 5. The number of carbonyl (C=O) groups excluding carboxylic acids is 1. The Morgan fingerprint density at radius 2 is 2.07 bits per heavy atom. The zero-order valence-corrected chi connectivity index (χ0v) is 16.5. The normalized spacial score (nSPS) is 9.89. The number of hydrogen-bond donors (Lipinski definition) is 2. The van der Waals surface area contributed by atoms with E-state index in [4.69, 9.17) is 4.74 Å². The molecule has 2 N–H and O–H groups in total. The second-order valence-electron chi connectivity index (χ2n) is 5.72. The molecule has 0 aliphatic carbocycles. The highest BCUT2D eigenvalue weighted by Gasteiger charge is 2.09. The number of carbonyl (C=O) groups is 1. The molecule has 0 bridgehead atoms. The number of nitrogens with one attached hydrogen (secondary N) is 2. The Hall–Kier alpha value is -3.39. The molecule has 0 fully saturated rings. The number of aromatic nitrogens is 1. The van der Waals surface area contributed by atoms with Crippen molar-refractivity contribution in [1.29, 1.82) is 5.26 Å². The molecule has 0 spiro atoms. The molecule has 3 aromatic rings. The number of fused-ring (bicyclic) bond motifs is 1. The lowest BCUT2D eigenvalue weighted by Crippen LogP contribution is -2.09. The second-order valence-corrected chi connectivity index (χ2v) is 6.64. The molecule has 2 aromatic carbocycles. The Morgan fingerprint density at radius 3 is 2.82 bits per heavy atom. The average molecular weight is 435 g/mol. The minimum Gasteiger partial charge on any atom is -0.372 e. The monoisotopic (exact) mass is 434 g/mol. The van der Waals surface area contributed by atoms with Crippen LogP contribution in [-0.4, -0.2) is 24.6 Å². The van der Waals surface area contributed by atoms with E-state index >= 15 is 0 Å². The third kappa shape index (κ3) is 4.86. The van der Waals surface area contributed by atoms with E-state index in [1.165, 1.54) is 7.11 Å². The molecule has 0 unspecified atom stereocenters. The summed E-state index contributed by atoms with van der Waals surface area (Å²) in [5.74, 6) is 4.63. The van der Waals surface area contributed by atoms with Gasteiger partial charge in [-0.2, -0.15) is 5.26 Å². The molecule has 1 amide bonds. The summed E-state index contributed by atoms with van der Waals surface area (Å²) in [5, 5.41) is 16.1. The van der Waals surface area contributed by atoms with Crippen LogP contribution in [0.25, 0.3) is 10.9 Å². The molecule has 0 aliphatic rings. The van der Waals surface area contributed by atoms with Gasteiger partial charge in [-0.1, -0.05) is 27.9 Å². The van der Waals surface area contributed by atoms with Crippen LogP contribution in [0.4, 0.5) is 17.1 Å². The molecule has 1 aromatic heterocycles. The molecule has 0 saturated carbocycles. The molecule has 0 atom stereocenters. The lowest BCUT2D eigenvalue weighted by Gasteiger charge is -2.12. The van der Waals surface area contributed by atoms with Crippen molar-refractivity contribution >= 4 is 49.8 Å². The molecule has 0 aliphatic heterocycles. The van der Waals surface area contributed by atoms with Crippen molar-refractivity contribution in [2.75, 3.05) is 24.4 Å². The first-order chi connectivity index (χ1) is 13.6. The van der Waals surface area contributed by atoms with Gasteiger partial charge in [0.2, 0.25) is 0 Å². The zero-order valence-electron chi connectivity index (χ0n) is 14.9. The maximum atomic E-state index is 11.9. The molecule has 3 rings (SSSR count). The summed E-state index contributed by atoms with van der Waals surface area (Å²) in [5.41, 5.74) is 3.08. The van der Waals surface area contributed by atoms with Crippen molar-refractivity contribution in [3.63, 3.8) is 0 Å². The van der Waals surface area contributed by atoms with Crippen LogP contribution in [0.15, 0.2) is 53.0 Å². The Labute approximate surface area is 170 Å². The third-order valence-electron chi connectivity index (χ3n) is 3.70. The van der Waals surface area contributed by atoms with Crippen LogP contribution in [0, 0.1) is 23.2 Å². The van der Waals surface area contributed by atoms with Gasteiger partial charge >= 0.3 is 0 Å². The van der Waals surface area contributed by atoms with Crippen LogP contribution in [-0.2, 0) is 9.53 Å². The lowest BCUT2D eigenvalue weighted by molar-refractivity contribution is -0.111. The number of methoxy groups -OCH3 is 1. The minimum atomic E-state index is -0.431. The molecule has 28 heavy (non-hydrogen) atoms. The van der Waals surface area contributed by atoms with Gasteiger partial charge in [-0.05, 0) is 48.4 Å². The first-order valence-corrected chi connectivity index (χ1v) is 9.04. The van der Waals surface area contributed by atoms with Crippen LogP contribution >= 0.6 is 15.9 Å². The van der Waals surface area contributed by atoms with E-state index in [-0.39, 0.29) is 6.61 Å². The van der Waals surface area contributed by atoms with Gasteiger partial charge in [0.15, 0.2) is 0 Å². The van der Waals surface area contributed by atoms with E-state index < -0.39 is 5.91 Å². The minimum absolute atomic E-state index is 0.187. The van der Waals surface area contributed by atoms with Crippen LogP contribution in [0.1, 0.15) is 5.69 Å². The highest BCUT2D eigenvalue weighted by atomic mass is 79.9. The Bertz CT molecular complexity index is 1140. The largest absolute Gasteiger partial charge is 0.372 e. The summed E-state index contributed by atoms with van der Waals surface area (Å²) in [6, 6.07) is 16.7. The van der Waals surface area contributed by atoms with Gasteiger partial charge in [0.1, 0.15) is 18.4 Å². The number of nitriles is 1. The van der Waals surface area contributed by atoms with Crippen molar-refractivity contribution in [2.45, 2.75) is 0 Å². The standard InChI is InChI=1S/C21H15BrN4O2/c1-28-9-3-6-21(27)26-16-7-8-19-18(11-16)20(12-17(13-23)25-19)24-15-5-2-4-14(22)10-15/h2,4-5,7-8,10-12H,9H2,1H3,(H,24,25)(H,26,27). The number of pyridine rings is 1. The SMILES string of the molecule is COCC#CC(=O)Nc1ccc2nc(C#N)cc(Nc3cccc(Br)c3)c2c1. The van der Waals surface area contributed by atoms with E-state index in [0.717, 1.165) is 15.5 Å². The second kappa shape index (κ2) is 9.01. The summed E-state index contributed by atoms with van der Waals surface area (Å²) in [7, 11) is 1.51. The molecule has 1 heterocycles. The Balaban J connectivity index is 1.98. The van der Waals surface area contributed by atoms with E-state index in [9.17, 15) is 10.1 Å². The van der Waals surface area contributed by atoms with Gasteiger partial charge in [-0.3, -0.25) is 4.79 Å². The fraction of sp³-hybridized carbons (Fsp3) is 0.0952. The van der Waals surface area contributed by atoms with E-state index in [1.54, 1.807) is 24.3 Å². The first kappa shape index (κ1) is 19.4. The highest BCUT2D eigenvalue weighted by molar-refractivity contribution is 9.10. The van der Waals surface area contributed by atoms with Crippen molar-refractivity contribution in [3.8, 4) is 17.9 Å². The molecule has 138 valence electrons. The Kier molecular flexibility index (Phi) is 6.23. The number of amides is 1. The van der Waals surface area contributed by atoms with Crippen LogP contribution in [0.3, 0.4) is 0 Å². The fourth-order valence-electron chi connectivity index (χ4n) is 2.54. The van der Waals surface area contributed by atoms with Crippen LogP contribution < -0.4 is 10.6 Å². The molecular formula is C21H15BrN4O2. The summed E-state index contributed by atoms with van der Waals surface area (Å²) in [4.78, 5) is 16.2. The number of nitrogens with zero attached hydrogens (tertiary/aromatic N) is 2.